The monoisotopic (exact) mass is 555 g/mol. The molecule has 0 aliphatic carbocycles. The van der Waals surface area contributed by atoms with Crippen molar-refractivity contribution in [3.63, 3.8) is 0 Å². The maximum atomic E-state index is 13.7. The Morgan fingerprint density at radius 1 is 1.15 bits per heavy atom. The lowest BCUT2D eigenvalue weighted by atomic mass is 9.82. The van der Waals surface area contributed by atoms with E-state index in [0.717, 1.165) is 16.0 Å². The highest BCUT2D eigenvalue weighted by Gasteiger charge is 2.50. The van der Waals surface area contributed by atoms with Crippen LogP contribution in [-0.2, 0) is 26.3 Å². The molecular weight excluding hydrogens is 518 g/mol. The third-order valence-corrected chi connectivity index (χ3v) is 7.14. The number of imide groups is 1. The van der Waals surface area contributed by atoms with E-state index in [4.69, 9.17) is 27.5 Å². The molecular formula is C29H38ClN5O4. The highest BCUT2D eigenvalue weighted by atomic mass is 35.5. The summed E-state index contributed by atoms with van der Waals surface area (Å²) in [6, 6.07) is 15.0. The van der Waals surface area contributed by atoms with Crippen molar-refractivity contribution in [2.75, 3.05) is 13.7 Å². The molecule has 0 radical (unpaired) electrons. The van der Waals surface area contributed by atoms with Gasteiger partial charge in [0, 0.05) is 17.6 Å². The van der Waals surface area contributed by atoms with E-state index in [0.29, 0.717) is 24.3 Å². The lowest BCUT2D eigenvalue weighted by Crippen LogP contribution is -2.51. The fourth-order valence-corrected chi connectivity index (χ4v) is 5.31. The van der Waals surface area contributed by atoms with E-state index in [1.165, 1.54) is 12.0 Å². The minimum absolute atomic E-state index is 0.0431. The van der Waals surface area contributed by atoms with E-state index < -0.39 is 29.6 Å². The first-order valence-electron chi connectivity index (χ1n) is 13.2. The lowest BCUT2D eigenvalue weighted by Gasteiger charge is -2.30. The number of nitrogens with zero attached hydrogens (tertiary/aromatic N) is 2. The number of ether oxygens (including phenoxy) is 1. The topological polar surface area (TPSA) is 129 Å². The number of rotatable bonds is 11. The number of amides is 3. The highest BCUT2D eigenvalue weighted by Crippen LogP contribution is 2.35. The van der Waals surface area contributed by atoms with Crippen LogP contribution in [0.4, 0.5) is 4.79 Å². The number of nitrogens with one attached hydrogen (secondary N) is 2. The summed E-state index contributed by atoms with van der Waals surface area (Å²) in [6.07, 6.45) is 0.807. The van der Waals surface area contributed by atoms with Crippen LogP contribution in [0.2, 0.25) is 5.02 Å². The van der Waals surface area contributed by atoms with Gasteiger partial charge in [0.15, 0.2) is 5.96 Å². The Labute approximate surface area is 235 Å². The number of methoxy groups -OCH3 is 1. The second-order valence-corrected chi connectivity index (χ2v) is 10.8. The molecule has 0 spiro atoms. The Hall–Kier alpha value is -3.43. The number of nitrogens with two attached hydrogens (primary N) is 1. The summed E-state index contributed by atoms with van der Waals surface area (Å²) < 4.78 is 4.88. The average Bonchev–Trinajstić information content (AvgIpc) is 3.13. The van der Waals surface area contributed by atoms with E-state index in [2.05, 4.69) is 5.32 Å². The van der Waals surface area contributed by atoms with Crippen molar-refractivity contribution in [2.24, 2.45) is 11.7 Å². The molecule has 0 unspecified atom stereocenters. The molecule has 0 aromatic heterocycles. The molecule has 2 aromatic rings. The minimum atomic E-state index is -1.00. The third kappa shape index (κ3) is 6.96. The van der Waals surface area contributed by atoms with Crippen LogP contribution in [-0.4, -0.2) is 59.4 Å². The first-order chi connectivity index (χ1) is 18.5. The molecule has 9 nitrogen and oxygen atoms in total. The number of halogens is 1. The molecule has 1 heterocycles. The van der Waals surface area contributed by atoms with E-state index >= 15 is 0 Å². The minimum Gasteiger partial charge on any atom is -0.452 e. The third-order valence-electron chi connectivity index (χ3n) is 6.91. The SMILES string of the molecule is COC(=O)N(C(=O)[C@@H](N)Cc1cccc(Cl)c1)[C@@H](C)CCCN1C(=N)N[C@](CC(C)C)(c2ccccc2)C1=O. The molecule has 10 heteroatoms. The summed E-state index contributed by atoms with van der Waals surface area (Å²) in [6.45, 7) is 6.09. The van der Waals surface area contributed by atoms with Gasteiger partial charge in [0.05, 0.1) is 13.2 Å². The first kappa shape index (κ1) is 30.1. The number of benzene rings is 2. The molecule has 39 heavy (non-hydrogen) atoms. The molecule has 0 bridgehead atoms. The van der Waals surface area contributed by atoms with Crippen LogP contribution in [0.25, 0.3) is 0 Å². The fraction of sp³-hybridized carbons (Fsp3) is 0.448. The smallest absolute Gasteiger partial charge is 0.416 e. The van der Waals surface area contributed by atoms with Gasteiger partial charge in [0.1, 0.15) is 5.54 Å². The summed E-state index contributed by atoms with van der Waals surface area (Å²) in [7, 11) is 1.21. The summed E-state index contributed by atoms with van der Waals surface area (Å²) >= 11 is 6.04. The molecule has 210 valence electrons. The largest absolute Gasteiger partial charge is 0.452 e. The molecule has 1 fully saturated rings. The van der Waals surface area contributed by atoms with Crippen LogP contribution < -0.4 is 11.1 Å². The standard InChI is InChI=1S/C29H38ClN5O4/c1-19(2)18-29(22-12-6-5-7-13-22)26(37)34(27(32)33-29)15-9-10-20(3)35(28(38)39-4)25(36)24(31)17-21-11-8-14-23(30)16-21/h5-8,11-14,16,19-20,24H,9-10,15,17-18,31H2,1-4H3,(H2,32,33)/t20-,24-,29+/m0/s1. The molecule has 2 aromatic carbocycles. The van der Waals surface area contributed by atoms with Crippen molar-refractivity contribution in [1.29, 1.82) is 5.41 Å². The van der Waals surface area contributed by atoms with Crippen LogP contribution in [0.1, 0.15) is 51.2 Å². The van der Waals surface area contributed by atoms with Crippen molar-refractivity contribution in [2.45, 2.75) is 64.1 Å². The molecule has 0 saturated carbocycles. The number of hydrogen-bond donors (Lipinski definition) is 3. The van der Waals surface area contributed by atoms with Gasteiger partial charge in [-0.05, 0) is 61.8 Å². The van der Waals surface area contributed by atoms with Crippen LogP contribution >= 0.6 is 11.6 Å². The number of carbonyl (C=O) groups is 3. The maximum absolute atomic E-state index is 13.7. The normalized spacial score (nSPS) is 18.6. The molecule has 3 atom stereocenters. The zero-order chi connectivity index (χ0) is 28.7. The predicted octanol–water partition coefficient (Wildman–Crippen LogP) is 4.28. The molecule has 3 rings (SSSR count). The van der Waals surface area contributed by atoms with Crippen LogP contribution in [0.5, 0.6) is 0 Å². The Morgan fingerprint density at radius 2 is 1.85 bits per heavy atom. The second kappa shape index (κ2) is 13.1. The van der Waals surface area contributed by atoms with E-state index in [9.17, 15) is 14.4 Å². The first-order valence-corrected chi connectivity index (χ1v) is 13.5. The molecule has 1 aliphatic rings. The van der Waals surface area contributed by atoms with Gasteiger partial charge in [0.2, 0.25) is 5.91 Å². The quantitative estimate of drug-likeness (QED) is 0.379. The van der Waals surface area contributed by atoms with Crippen LogP contribution in [0.15, 0.2) is 54.6 Å². The van der Waals surface area contributed by atoms with Gasteiger partial charge in [0.25, 0.3) is 5.91 Å². The van der Waals surface area contributed by atoms with Gasteiger partial charge in [-0.1, -0.05) is 67.9 Å². The summed E-state index contributed by atoms with van der Waals surface area (Å²) in [5.41, 5.74) is 6.79. The molecule has 3 amide bonds. The number of hydrogen-bond acceptors (Lipinski definition) is 6. The van der Waals surface area contributed by atoms with E-state index in [-0.39, 0.29) is 30.8 Å². The van der Waals surface area contributed by atoms with Gasteiger partial charge in [-0.2, -0.15) is 0 Å². The van der Waals surface area contributed by atoms with Crippen molar-refractivity contribution in [3.8, 4) is 0 Å². The van der Waals surface area contributed by atoms with E-state index in [1.807, 2.05) is 50.2 Å². The van der Waals surface area contributed by atoms with Crippen molar-refractivity contribution >= 4 is 35.5 Å². The highest BCUT2D eigenvalue weighted by molar-refractivity contribution is 6.30. The van der Waals surface area contributed by atoms with Crippen LogP contribution in [0, 0.1) is 11.3 Å². The van der Waals surface area contributed by atoms with Crippen LogP contribution in [0.3, 0.4) is 0 Å². The van der Waals surface area contributed by atoms with Gasteiger partial charge in [-0.25, -0.2) is 9.69 Å². The number of carbonyl (C=O) groups excluding carboxylic acids is 3. The van der Waals surface area contributed by atoms with Crippen molar-refractivity contribution < 1.29 is 19.1 Å². The molecule has 1 aliphatic heterocycles. The second-order valence-electron chi connectivity index (χ2n) is 10.4. The van der Waals surface area contributed by atoms with Crippen molar-refractivity contribution in [1.82, 2.24) is 15.1 Å². The summed E-state index contributed by atoms with van der Waals surface area (Å²) in [4.78, 5) is 41.9. The lowest BCUT2D eigenvalue weighted by molar-refractivity contribution is -0.133. The summed E-state index contributed by atoms with van der Waals surface area (Å²) in [5, 5.41) is 12.2. The number of guanidine groups is 1. The predicted molar refractivity (Wildman–Crippen MR) is 151 cm³/mol. The Morgan fingerprint density at radius 3 is 2.46 bits per heavy atom. The average molecular weight is 556 g/mol. The molecule has 4 N–H and O–H groups in total. The van der Waals surface area contributed by atoms with Gasteiger partial charge >= 0.3 is 6.09 Å². The van der Waals surface area contributed by atoms with Crippen molar-refractivity contribution in [3.05, 3.63) is 70.7 Å². The van der Waals surface area contributed by atoms with Gasteiger partial charge in [-0.3, -0.25) is 19.9 Å². The van der Waals surface area contributed by atoms with Gasteiger partial charge < -0.3 is 15.8 Å². The fourth-order valence-electron chi connectivity index (χ4n) is 5.10. The zero-order valence-corrected chi connectivity index (χ0v) is 23.7. The van der Waals surface area contributed by atoms with Gasteiger partial charge in [-0.15, -0.1) is 0 Å². The Balaban J connectivity index is 1.68. The Bertz CT molecular complexity index is 1190. The van der Waals surface area contributed by atoms with E-state index in [1.54, 1.807) is 25.1 Å². The molecule has 1 saturated heterocycles. The Kier molecular flexibility index (Phi) is 10.1. The zero-order valence-electron chi connectivity index (χ0n) is 22.9. The summed E-state index contributed by atoms with van der Waals surface area (Å²) in [5.74, 6) is -0.475. The maximum Gasteiger partial charge on any atom is 0.416 e.